The van der Waals surface area contributed by atoms with Crippen molar-refractivity contribution in [2.75, 3.05) is 0 Å². The molecule has 0 aromatic rings. The van der Waals surface area contributed by atoms with Gasteiger partial charge in [0.1, 0.15) is 5.76 Å². The first kappa shape index (κ1) is 9.32. The maximum Gasteiger partial charge on any atom is 0.106 e. The van der Waals surface area contributed by atoms with Gasteiger partial charge in [0.25, 0.3) is 0 Å². The molecule has 0 amide bonds. The first-order chi connectivity index (χ1) is 6.72. The molecule has 0 heterocycles. The van der Waals surface area contributed by atoms with Gasteiger partial charge in [-0.25, -0.2) is 0 Å². The Kier molecular flexibility index (Phi) is 2.32. The highest BCUT2D eigenvalue weighted by Crippen LogP contribution is 2.40. The minimum Gasteiger partial charge on any atom is -0.511 e. The van der Waals surface area contributed by atoms with E-state index in [1.54, 1.807) is 0 Å². The van der Waals surface area contributed by atoms with Crippen molar-refractivity contribution in [3.8, 4) is 0 Å². The molecule has 0 saturated carbocycles. The number of aliphatic hydroxyl groups excluding tert-OH is 1. The molecule has 1 unspecified atom stereocenters. The lowest BCUT2D eigenvalue weighted by atomic mass is 9.76. The average molecular weight is 188 g/mol. The second kappa shape index (κ2) is 3.49. The van der Waals surface area contributed by atoms with E-state index in [2.05, 4.69) is 19.1 Å². The van der Waals surface area contributed by atoms with Crippen molar-refractivity contribution in [1.29, 1.82) is 0 Å². The summed E-state index contributed by atoms with van der Waals surface area (Å²) in [5, 5.41) is 10.2. The van der Waals surface area contributed by atoms with Gasteiger partial charge in [-0.15, -0.1) is 0 Å². The van der Waals surface area contributed by atoms with E-state index in [0.717, 1.165) is 24.8 Å². The molecule has 0 aliphatic heterocycles. The number of hydrogen-bond acceptors (Lipinski definition) is 1. The van der Waals surface area contributed by atoms with E-state index in [0.29, 0.717) is 5.76 Å². The van der Waals surface area contributed by atoms with Gasteiger partial charge in [-0.3, -0.25) is 0 Å². The maximum absolute atomic E-state index is 10.2. The fraction of sp³-hybridized carbons (Fsp3) is 0.385. The molecule has 0 aromatic heterocycles. The van der Waals surface area contributed by atoms with E-state index in [1.807, 2.05) is 24.3 Å². The summed E-state index contributed by atoms with van der Waals surface area (Å²) in [4.78, 5) is 0. The van der Waals surface area contributed by atoms with Crippen LogP contribution in [0.5, 0.6) is 0 Å². The lowest BCUT2D eigenvalue weighted by Crippen LogP contribution is -2.21. The maximum atomic E-state index is 10.2. The van der Waals surface area contributed by atoms with Gasteiger partial charge in [-0.2, -0.15) is 0 Å². The Morgan fingerprint density at radius 2 is 2.00 bits per heavy atom. The summed E-state index contributed by atoms with van der Waals surface area (Å²) < 4.78 is 0. The summed E-state index contributed by atoms with van der Waals surface area (Å²) in [6.07, 6.45) is 15.3. The van der Waals surface area contributed by atoms with Crippen molar-refractivity contribution in [1.82, 2.24) is 0 Å². The van der Waals surface area contributed by atoms with E-state index >= 15 is 0 Å². The SMILES string of the molecule is CC1(C(O)=C2C=CC=C2)CC=CCC1. The van der Waals surface area contributed by atoms with Crippen molar-refractivity contribution in [2.45, 2.75) is 26.2 Å². The zero-order valence-electron chi connectivity index (χ0n) is 8.53. The van der Waals surface area contributed by atoms with Gasteiger partial charge in [0.05, 0.1) is 0 Å². The molecule has 1 atom stereocenters. The Balaban J connectivity index is 2.29. The third-order valence-corrected chi connectivity index (χ3v) is 3.11. The van der Waals surface area contributed by atoms with Crippen LogP contribution in [0, 0.1) is 5.41 Å². The minimum absolute atomic E-state index is 0.0525. The minimum atomic E-state index is -0.0525. The third kappa shape index (κ3) is 1.54. The predicted molar refractivity (Wildman–Crippen MR) is 59.0 cm³/mol. The van der Waals surface area contributed by atoms with Crippen LogP contribution in [0.1, 0.15) is 26.2 Å². The molecule has 1 heteroatoms. The summed E-state index contributed by atoms with van der Waals surface area (Å²) in [5.74, 6) is 0.548. The van der Waals surface area contributed by atoms with Crippen molar-refractivity contribution in [2.24, 2.45) is 5.41 Å². The average Bonchev–Trinajstić information content (AvgIpc) is 2.70. The lowest BCUT2D eigenvalue weighted by molar-refractivity contribution is 0.219. The van der Waals surface area contributed by atoms with Gasteiger partial charge in [-0.1, -0.05) is 43.4 Å². The van der Waals surface area contributed by atoms with Crippen molar-refractivity contribution < 1.29 is 5.11 Å². The monoisotopic (exact) mass is 188 g/mol. The summed E-state index contributed by atoms with van der Waals surface area (Å²) in [7, 11) is 0. The number of allylic oxidation sites excluding steroid dienone is 8. The molecule has 0 saturated heterocycles. The van der Waals surface area contributed by atoms with Crippen molar-refractivity contribution >= 4 is 0 Å². The van der Waals surface area contributed by atoms with Crippen LogP contribution < -0.4 is 0 Å². The van der Waals surface area contributed by atoms with E-state index < -0.39 is 0 Å². The summed E-state index contributed by atoms with van der Waals surface area (Å²) in [6.45, 7) is 2.14. The molecule has 0 aromatic carbocycles. The van der Waals surface area contributed by atoms with Crippen molar-refractivity contribution in [3.05, 3.63) is 47.8 Å². The van der Waals surface area contributed by atoms with Gasteiger partial charge in [-0.05, 0) is 19.3 Å². The first-order valence-corrected chi connectivity index (χ1v) is 5.16. The van der Waals surface area contributed by atoms with Gasteiger partial charge in [0, 0.05) is 11.0 Å². The van der Waals surface area contributed by atoms with Crippen LogP contribution >= 0.6 is 0 Å². The first-order valence-electron chi connectivity index (χ1n) is 5.16. The van der Waals surface area contributed by atoms with Gasteiger partial charge in [0.15, 0.2) is 0 Å². The highest BCUT2D eigenvalue weighted by atomic mass is 16.3. The molecule has 2 aliphatic carbocycles. The highest BCUT2D eigenvalue weighted by molar-refractivity contribution is 5.43. The summed E-state index contributed by atoms with van der Waals surface area (Å²) in [5.41, 5.74) is 0.922. The van der Waals surface area contributed by atoms with E-state index in [-0.39, 0.29) is 5.41 Å². The van der Waals surface area contributed by atoms with Gasteiger partial charge >= 0.3 is 0 Å². The topological polar surface area (TPSA) is 20.2 Å². The number of hydrogen-bond donors (Lipinski definition) is 1. The van der Waals surface area contributed by atoms with Crippen LogP contribution in [0.3, 0.4) is 0 Å². The Morgan fingerprint density at radius 3 is 2.57 bits per heavy atom. The molecule has 2 rings (SSSR count). The van der Waals surface area contributed by atoms with Crippen molar-refractivity contribution in [3.63, 3.8) is 0 Å². The molecule has 74 valence electrons. The third-order valence-electron chi connectivity index (χ3n) is 3.11. The molecule has 2 aliphatic rings. The molecule has 0 spiro atoms. The lowest BCUT2D eigenvalue weighted by Gasteiger charge is -2.30. The Morgan fingerprint density at radius 1 is 1.29 bits per heavy atom. The molecular formula is C13H16O. The van der Waals surface area contributed by atoms with E-state index in [9.17, 15) is 5.11 Å². The Bertz CT molecular complexity index is 330. The summed E-state index contributed by atoms with van der Waals surface area (Å²) >= 11 is 0. The molecule has 0 fully saturated rings. The van der Waals surface area contributed by atoms with Crippen LogP contribution in [0.25, 0.3) is 0 Å². The van der Waals surface area contributed by atoms with Crippen LogP contribution in [0.2, 0.25) is 0 Å². The van der Waals surface area contributed by atoms with Crippen LogP contribution in [0.15, 0.2) is 47.8 Å². The molecule has 0 bridgehead atoms. The smallest absolute Gasteiger partial charge is 0.106 e. The second-order valence-electron chi connectivity index (χ2n) is 4.30. The zero-order chi connectivity index (χ0) is 10.0. The Labute approximate surface area is 85.1 Å². The fourth-order valence-electron chi connectivity index (χ4n) is 2.06. The zero-order valence-corrected chi connectivity index (χ0v) is 8.53. The fourth-order valence-corrected chi connectivity index (χ4v) is 2.06. The largest absolute Gasteiger partial charge is 0.511 e. The molecule has 1 nitrogen and oxygen atoms in total. The standard InChI is InChI=1S/C13H16O/c1-13(9-5-2-6-10-13)12(14)11-7-3-4-8-11/h2-5,7-8,14H,6,9-10H2,1H3. The van der Waals surface area contributed by atoms with Crippen LogP contribution in [0.4, 0.5) is 0 Å². The normalized spacial score (nSPS) is 29.9. The van der Waals surface area contributed by atoms with Crippen LogP contribution in [-0.2, 0) is 0 Å². The highest BCUT2D eigenvalue weighted by Gasteiger charge is 2.30. The number of aliphatic hydroxyl groups is 1. The predicted octanol–water partition coefficient (Wildman–Crippen LogP) is 3.67. The molecule has 1 N–H and O–H groups in total. The summed E-state index contributed by atoms with van der Waals surface area (Å²) in [6, 6.07) is 0. The van der Waals surface area contributed by atoms with E-state index in [1.165, 1.54) is 0 Å². The van der Waals surface area contributed by atoms with Crippen LogP contribution in [-0.4, -0.2) is 5.11 Å². The molecule has 14 heavy (non-hydrogen) atoms. The second-order valence-corrected chi connectivity index (χ2v) is 4.30. The Hall–Kier alpha value is -1.24. The number of rotatable bonds is 1. The van der Waals surface area contributed by atoms with Gasteiger partial charge in [0.2, 0.25) is 0 Å². The molecular weight excluding hydrogens is 172 g/mol. The van der Waals surface area contributed by atoms with E-state index in [4.69, 9.17) is 0 Å². The molecule has 0 radical (unpaired) electrons. The van der Waals surface area contributed by atoms with Gasteiger partial charge < -0.3 is 5.11 Å². The quantitative estimate of drug-likeness (QED) is 0.491.